The first-order valence-corrected chi connectivity index (χ1v) is 8.55. The summed E-state index contributed by atoms with van der Waals surface area (Å²) in [5.41, 5.74) is 2.28. The van der Waals surface area contributed by atoms with Gasteiger partial charge in [-0.25, -0.2) is 0 Å². The van der Waals surface area contributed by atoms with Gasteiger partial charge in [-0.15, -0.1) is 0 Å². The van der Waals surface area contributed by atoms with E-state index in [0.717, 1.165) is 11.1 Å². The van der Waals surface area contributed by atoms with E-state index < -0.39 is 0 Å². The van der Waals surface area contributed by atoms with Crippen LogP contribution in [0.15, 0.2) is 47.0 Å². The maximum atomic E-state index is 12.3. The Labute approximate surface area is 156 Å². The molecule has 6 nitrogen and oxygen atoms in total. The lowest BCUT2D eigenvalue weighted by molar-refractivity contribution is 0.0946. The van der Waals surface area contributed by atoms with Crippen LogP contribution < -0.4 is 10.1 Å². The molecule has 26 heavy (non-hydrogen) atoms. The zero-order valence-corrected chi connectivity index (χ0v) is 15.2. The first-order valence-electron chi connectivity index (χ1n) is 8.17. The quantitative estimate of drug-likeness (QED) is 0.707. The third-order valence-corrected chi connectivity index (χ3v) is 3.97. The molecule has 0 radical (unpaired) electrons. The van der Waals surface area contributed by atoms with Crippen LogP contribution in [0.4, 0.5) is 0 Å². The van der Waals surface area contributed by atoms with E-state index in [9.17, 15) is 4.79 Å². The molecule has 0 aliphatic heterocycles. The molecule has 0 unspecified atom stereocenters. The standard InChI is InChI=1S/C19H18ClN3O3/c1-3-25-16-10-14(5-4-12(16)2)19(24)21-11-17-22-18(23-26-17)13-6-8-15(20)9-7-13/h4-10H,3,11H2,1-2H3,(H,21,24). The molecule has 1 aromatic heterocycles. The highest BCUT2D eigenvalue weighted by molar-refractivity contribution is 6.30. The van der Waals surface area contributed by atoms with Crippen LogP contribution in [0.2, 0.25) is 5.02 Å². The zero-order chi connectivity index (χ0) is 18.5. The van der Waals surface area contributed by atoms with Crippen LogP contribution >= 0.6 is 11.6 Å². The number of carbonyl (C=O) groups excluding carboxylic acids is 1. The third kappa shape index (κ3) is 4.21. The third-order valence-electron chi connectivity index (χ3n) is 3.72. The van der Waals surface area contributed by atoms with Crippen LogP contribution in [-0.4, -0.2) is 22.7 Å². The van der Waals surface area contributed by atoms with Gasteiger partial charge in [0.1, 0.15) is 5.75 Å². The van der Waals surface area contributed by atoms with Crippen LogP contribution in [0.25, 0.3) is 11.4 Å². The summed E-state index contributed by atoms with van der Waals surface area (Å²) >= 11 is 5.87. The summed E-state index contributed by atoms with van der Waals surface area (Å²) in [5, 5.41) is 7.32. The molecule has 0 spiro atoms. The highest BCUT2D eigenvalue weighted by Crippen LogP contribution is 2.20. The number of aromatic nitrogens is 2. The number of aryl methyl sites for hydroxylation is 1. The van der Waals surface area contributed by atoms with E-state index in [-0.39, 0.29) is 12.5 Å². The lowest BCUT2D eigenvalue weighted by atomic mass is 10.1. The zero-order valence-electron chi connectivity index (χ0n) is 14.5. The molecule has 0 atom stereocenters. The Hall–Kier alpha value is -2.86. The Kier molecular flexibility index (Phi) is 5.53. The summed E-state index contributed by atoms with van der Waals surface area (Å²) in [4.78, 5) is 16.6. The number of halogens is 1. The molecule has 0 aliphatic rings. The molecule has 3 aromatic rings. The molecule has 0 aliphatic carbocycles. The van der Waals surface area contributed by atoms with Gasteiger partial charge in [-0.05, 0) is 55.8 Å². The predicted octanol–water partition coefficient (Wildman–Crippen LogP) is 4.03. The first-order chi connectivity index (χ1) is 12.6. The minimum atomic E-state index is -0.239. The largest absolute Gasteiger partial charge is 0.494 e. The van der Waals surface area contributed by atoms with Gasteiger partial charge in [0.15, 0.2) is 0 Å². The molecular formula is C19H18ClN3O3. The number of amides is 1. The SMILES string of the molecule is CCOc1cc(C(=O)NCc2nc(-c3ccc(Cl)cc3)no2)ccc1C. The highest BCUT2D eigenvalue weighted by Gasteiger charge is 2.12. The lowest BCUT2D eigenvalue weighted by Crippen LogP contribution is -2.23. The van der Waals surface area contributed by atoms with Crippen LogP contribution in [0.1, 0.15) is 28.7 Å². The maximum Gasteiger partial charge on any atom is 0.251 e. The second-order valence-electron chi connectivity index (χ2n) is 5.61. The molecule has 3 rings (SSSR count). The van der Waals surface area contributed by atoms with Crippen molar-refractivity contribution < 1.29 is 14.1 Å². The smallest absolute Gasteiger partial charge is 0.251 e. The van der Waals surface area contributed by atoms with Gasteiger partial charge in [-0.2, -0.15) is 4.98 Å². The van der Waals surface area contributed by atoms with E-state index in [2.05, 4.69) is 15.5 Å². The van der Waals surface area contributed by atoms with Gasteiger partial charge >= 0.3 is 0 Å². The summed E-state index contributed by atoms with van der Waals surface area (Å²) in [6.45, 7) is 4.52. The monoisotopic (exact) mass is 371 g/mol. The van der Waals surface area contributed by atoms with E-state index in [1.807, 2.05) is 19.9 Å². The second kappa shape index (κ2) is 8.01. The number of nitrogens with one attached hydrogen (secondary N) is 1. The number of carbonyl (C=O) groups is 1. The Balaban J connectivity index is 1.65. The van der Waals surface area contributed by atoms with Crippen molar-refractivity contribution in [3.05, 3.63) is 64.5 Å². The van der Waals surface area contributed by atoms with Gasteiger partial charge in [0.05, 0.1) is 13.2 Å². The fourth-order valence-corrected chi connectivity index (χ4v) is 2.48. The second-order valence-corrected chi connectivity index (χ2v) is 6.05. The summed E-state index contributed by atoms with van der Waals surface area (Å²) in [6, 6.07) is 12.4. The molecule has 0 bridgehead atoms. The highest BCUT2D eigenvalue weighted by atomic mass is 35.5. The fourth-order valence-electron chi connectivity index (χ4n) is 2.35. The topological polar surface area (TPSA) is 77.2 Å². The summed E-state index contributed by atoms with van der Waals surface area (Å²) in [5.74, 6) is 1.22. The van der Waals surface area contributed by atoms with Crippen molar-refractivity contribution in [2.75, 3.05) is 6.61 Å². The molecule has 0 saturated heterocycles. The van der Waals surface area contributed by atoms with Crippen molar-refractivity contribution >= 4 is 17.5 Å². The molecule has 0 fully saturated rings. The van der Waals surface area contributed by atoms with E-state index in [1.165, 1.54) is 0 Å². The van der Waals surface area contributed by atoms with Crippen molar-refractivity contribution in [3.63, 3.8) is 0 Å². The minimum Gasteiger partial charge on any atom is -0.494 e. The van der Waals surface area contributed by atoms with Crippen LogP contribution in [-0.2, 0) is 6.54 Å². The van der Waals surface area contributed by atoms with Gasteiger partial charge in [-0.1, -0.05) is 22.8 Å². The predicted molar refractivity (Wildman–Crippen MR) is 98.3 cm³/mol. The van der Waals surface area contributed by atoms with E-state index in [0.29, 0.717) is 34.7 Å². The summed E-state index contributed by atoms with van der Waals surface area (Å²) < 4.78 is 10.7. The maximum absolute atomic E-state index is 12.3. The van der Waals surface area contributed by atoms with Crippen molar-refractivity contribution in [1.82, 2.24) is 15.5 Å². The Morgan fingerprint density at radius 1 is 1.23 bits per heavy atom. The van der Waals surface area contributed by atoms with Crippen molar-refractivity contribution in [3.8, 4) is 17.1 Å². The molecule has 134 valence electrons. The van der Waals surface area contributed by atoms with Gasteiger partial charge in [0.25, 0.3) is 5.91 Å². The molecule has 1 N–H and O–H groups in total. The van der Waals surface area contributed by atoms with Crippen LogP contribution in [0.5, 0.6) is 5.75 Å². The number of hydrogen-bond donors (Lipinski definition) is 1. The summed E-state index contributed by atoms with van der Waals surface area (Å²) in [7, 11) is 0. The number of rotatable bonds is 6. The molecule has 0 saturated carbocycles. The number of nitrogens with zero attached hydrogens (tertiary/aromatic N) is 2. The fraction of sp³-hybridized carbons (Fsp3) is 0.211. The Morgan fingerprint density at radius 2 is 2.00 bits per heavy atom. The lowest BCUT2D eigenvalue weighted by Gasteiger charge is -2.09. The Bertz CT molecular complexity index is 907. The normalized spacial score (nSPS) is 10.6. The minimum absolute atomic E-state index is 0.136. The van der Waals surface area contributed by atoms with Crippen LogP contribution in [0.3, 0.4) is 0 Å². The van der Waals surface area contributed by atoms with E-state index in [4.69, 9.17) is 20.9 Å². The molecule has 2 aromatic carbocycles. The molecule has 1 heterocycles. The number of benzene rings is 2. The number of ether oxygens (including phenoxy) is 1. The van der Waals surface area contributed by atoms with E-state index >= 15 is 0 Å². The number of hydrogen-bond acceptors (Lipinski definition) is 5. The first kappa shape index (κ1) is 17.9. The average Bonchev–Trinajstić information content (AvgIpc) is 3.11. The van der Waals surface area contributed by atoms with Crippen molar-refractivity contribution in [2.45, 2.75) is 20.4 Å². The average molecular weight is 372 g/mol. The van der Waals surface area contributed by atoms with Gasteiger partial charge in [0, 0.05) is 16.1 Å². The van der Waals surface area contributed by atoms with Gasteiger partial charge in [0.2, 0.25) is 11.7 Å². The summed E-state index contributed by atoms with van der Waals surface area (Å²) in [6.07, 6.45) is 0. The van der Waals surface area contributed by atoms with E-state index in [1.54, 1.807) is 36.4 Å². The van der Waals surface area contributed by atoms with Gasteiger partial charge < -0.3 is 14.6 Å². The molecular weight excluding hydrogens is 354 g/mol. The molecule has 7 heteroatoms. The van der Waals surface area contributed by atoms with Crippen LogP contribution in [0, 0.1) is 6.92 Å². The Morgan fingerprint density at radius 3 is 2.73 bits per heavy atom. The molecule has 1 amide bonds. The van der Waals surface area contributed by atoms with Crippen molar-refractivity contribution in [2.24, 2.45) is 0 Å². The van der Waals surface area contributed by atoms with Gasteiger partial charge in [-0.3, -0.25) is 4.79 Å². The van der Waals surface area contributed by atoms with Crippen molar-refractivity contribution in [1.29, 1.82) is 0 Å².